The highest BCUT2D eigenvalue weighted by Gasteiger charge is 2.19. The van der Waals surface area contributed by atoms with Gasteiger partial charge in [-0.3, -0.25) is 4.79 Å². The lowest BCUT2D eigenvalue weighted by atomic mass is 10.3. The van der Waals surface area contributed by atoms with E-state index < -0.39 is 0 Å². The minimum Gasteiger partial charge on any atom is -0.466 e. The Morgan fingerprint density at radius 3 is 2.53 bits per heavy atom. The number of halogens is 1. The van der Waals surface area contributed by atoms with Gasteiger partial charge >= 0.3 is 0 Å². The predicted octanol–water partition coefficient (Wildman–Crippen LogP) is 2.22. The number of hydrogen-bond acceptors (Lipinski definition) is 8. The number of amides is 1. The van der Waals surface area contributed by atoms with Crippen LogP contribution in [0.15, 0.2) is 73.2 Å². The number of aromatic nitrogens is 5. The van der Waals surface area contributed by atoms with Crippen LogP contribution in [0.25, 0.3) is 5.69 Å². The van der Waals surface area contributed by atoms with E-state index in [1.54, 1.807) is 41.5 Å². The summed E-state index contributed by atoms with van der Waals surface area (Å²) in [6.45, 7) is 3.39. The molecule has 0 saturated carbocycles. The summed E-state index contributed by atoms with van der Waals surface area (Å²) >= 11 is 0. The number of ether oxygens (including phenoxy) is 1. The highest BCUT2D eigenvalue weighted by atomic mass is 19.1. The number of carbonyl (C=O) groups is 1. The maximum atomic E-state index is 13.4. The zero-order valence-corrected chi connectivity index (χ0v) is 19.5. The van der Waals surface area contributed by atoms with Crippen molar-refractivity contribution in [2.24, 2.45) is 0 Å². The van der Waals surface area contributed by atoms with Gasteiger partial charge in [-0.2, -0.15) is 5.10 Å². The fourth-order valence-electron chi connectivity index (χ4n) is 3.87. The first-order valence-electron chi connectivity index (χ1n) is 11.6. The summed E-state index contributed by atoms with van der Waals surface area (Å²) in [6.07, 6.45) is 5.15. The molecule has 10 nitrogen and oxygen atoms in total. The predicted molar refractivity (Wildman–Crippen MR) is 132 cm³/mol. The molecule has 11 heteroatoms. The van der Waals surface area contributed by atoms with Gasteiger partial charge in [0.1, 0.15) is 11.6 Å². The fourth-order valence-corrected chi connectivity index (χ4v) is 3.87. The second kappa shape index (κ2) is 10.8. The molecule has 0 radical (unpaired) electrons. The fraction of sp³-hybridized carbons (Fsp3) is 0.240. The minimum atomic E-state index is -0.339. The first kappa shape index (κ1) is 23.2. The van der Waals surface area contributed by atoms with E-state index in [2.05, 4.69) is 35.4 Å². The molecule has 4 heterocycles. The van der Waals surface area contributed by atoms with Gasteiger partial charge in [0, 0.05) is 56.7 Å². The Hall–Kier alpha value is -4.54. The third-order valence-corrected chi connectivity index (χ3v) is 5.75. The van der Waals surface area contributed by atoms with Gasteiger partial charge in [0.25, 0.3) is 5.91 Å². The average molecular weight is 489 g/mol. The van der Waals surface area contributed by atoms with Gasteiger partial charge in [-0.25, -0.2) is 14.1 Å². The number of rotatable bonds is 8. The van der Waals surface area contributed by atoms with Crippen LogP contribution in [-0.4, -0.2) is 63.7 Å². The molecule has 0 atom stereocenters. The van der Waals surface area contributed by atoms with Crippen molar-refractivity contribution < 1.29 is 13.9 Å². The van der Waals surface area contributed by atoms with Gasteiger partial charge in [0.2, 0.25) is 5.88 Å². The average Bonchev–Trinajstić information content (AvgIpc) is 3.41. The molecule has 184 valence electrons. The first-order valence-corrected chi connectivity index (χ1v) is 11.6. The monoisotopic (exact) mass is 488 g/mol. The maximum absolute atomic E-state index is 13.4. The Labute approximate surface area is 207 Å². The summed E-state index contributed by atoms with van der Waals surface area (Å²) in [7, 11) is 0. The molecule has 1 amide bonds. The molecule has 1 N–H and O–H groups in total. The van der Waals surface area contributed by atoms with Crippen molar-refractivity contribution in [2.45, 2.75) is 6.54 Å². The molecule has 1 fully saturated rings. The van der Waals surface area contributed by atoms with Crippen molar-refractivity contribution in [3.8, 4) is 11.6 Å². The molecule has 0 unspecified atom stereocenters. The van der Waals surface area contributed by atoms with E-state index in [4.69, 9.17) is 4.74 Å². The number of nitrogens with zero attached hydrogens (tertiary/aromatic N) is 7. The molecule has 1 aliphatic heterocycles. The number of benzene rings is 1. The molecule has 1 aliphatic rings. The van der Waals surface area contributed by atoms with Crippen molar-refractivity contribution in [3.05, 3.63) is 84.6 Å². The Morgan fingerprint density at radius 2 is 1.81 bits per heavy atom. The summed E-state index contributed by atoms with van der Waals surface area (Å²) in [5.74, 6) is 1.38. The van der Waals surface area contributed by atoms with Gasteiger partial charge in [-0.1, -0.05) is 12.1 Å². The summed E-state index contributed by atoms with van der Waals surface area (Å²) in [5.41, 5.74) is 1.38. The standard InChI is InChI=1S/C25H25FN8O2/c26-20-4-3-5-21(14-20)34-17-19(16-29-34)15-28-24(35)18-36-25-8-7-23(30-31-25)33-12-10-32(11-13-33)22-6-1-2-9-27-22/h1-9,14,16-17H,10-13,15,18H2,(H,28,35). The highest BCUT2D eigenvalue weighted by Crippen LogP contribution is 2.18. The molecule has 1 aromatic carbocycles. The van der Waals surface area contributed by atoms with E-state index in [1.165, 1.54) is 12.1 Å². The van der Waals surface area contributed by atoms with Gasteiger partial charge in [0.05, 0.1) is 11.9 Å². The minimum absolute atomic E-state index is 0.186. The summed E-state index contributed by atoms with van der Waals surface area (Å²) in [5, 5.41) is 15.3. The lowest BCUT2D eigenvalue weighted by Gasteiger charge is -2.35. The summed E-state index contributed by atoms with van der Waals surface area (Å²) < 4.78 is 20.4. The van der Waals surface area contributed by atoms with Crippen LogP contribution < -0.4 is 19.9 Å². The van der Waals surface area contributed by atoms with E-state index >= 15 is 0 Å². The number of carbonyl (C=O) groups excluding carboxylic acids is 1. The van der Waals surface area contributed by atoms with Crippen molar-refractivity contribution in [3.63, 3.8) is 0 Å². The molecule has 3 aromatic heterocycles. The third kappa shape index (κ3) is 5.74. The summed E-state index contributed by atoms with van der Waals surface area (Å²) in [4.78, 5) is 21.0. The van der Waals surface area contributed by atoms with Crippen LogP contribution in [0.4, 0.5) is 16.0 Å². The zero-order chi connectivity index (χ0) is 24.7. The number of piperazine rings is 1. The van der Waals surface area contributed by atoms with Crippen molar-refractivity contribution in [2.75, 3.05) is 42.6 Å². The molecule has 4 aromatic rings. The van der Waals surface area contributed by atoms with E-state index in [0.29, 0.717) is 5.69 Å². The number of hydrogen-bond donors (Lipinski definition) is 1. The SMILES string of the molecule is O=C(COc1ccc(N2CCN(c3ccccn3)CC2)nn1)NCc1cnn(-c2cccc(F)c2)c1. The van der Waals surface area contributed by atoms with E-state index in [-0.39, 0.29) is 30.8 Å². The van der Waals surface area contributed by atoms with Crippen LogP contribution >= 0.6 is 0 Å². The maximum Gasteiger partial charge on any atom is 0.258 e. The molecule has 0 spiro atoms. The zero-order valence-electron chi connectivity index (χ0n) is 19.5. The van der Waals surface area contributed by atoms with Gasteiger partial charge in [0.15, 0.2) is 12.4 Å². The second-order valence-electron chi connectivity index (χ2n) is 8.23. The van der Waals surface area contributed by atoms with Crippen molar-refractivity contribution >= 4 is 17.5 Å². The Morgan fingerprint density at radius 1 is 0.972 bits per heavy atom. The second-order valence-corrected chi connectivity index (χ2v) is 8.23. The first-order chi connectivity index (χ1) is 17.6. The van der Waals surface area contributed by atoms with Gasteiger partial charge in [-0.05, 0) is 36.4 Å². The van der Waals surface area contributed by atoms with E-state index in [9.17, 15) is 9.18 Å². The van der Waals surface area contributed by atoms with Crippen LogP contribution in [0.1, 0.15) is 5.56 Å². The van der Waals surface area contributed by atoms with E-state index in [1.807, 2.05) is 24.3 Å². The smallest absolute Gasteiger partial charge is 0.258 e. The largest absolute Gasteiger partial charge is 0.466 e. The molecule has 0 bridgehead atoms. The number of anilines is 2. The molecule has 0 aliphatic carbocycles. The van der Waals surface area contributed by atoms with E-state index in [0.717, 1.165) is 43.4 Å². The molecular formula is C25H25FN8O2. The van der Waals surface area contributed by atoms with Gasteiger partial charge < -0.3 is 19.9 Å². The van der Waals surface area contributed by atoms with Crippen LogP contribution in [0.3, 0.4) is 0 Å². The van der Waals surface area contributed by atoms with Crippen molar-refractivity contribution in [1.82, 2.24) is 30.3 Å². The normalized spacial score (nSPS) is 13.5. The van der Waals surface area contributed by atoms with Crippen LogP contribution in [0.5, 0.6) is 5.88 Å². The van der Waals surface area contributed by atoms with Crippen LogP contribution in [-0.2, 0) is 11.3 Å². The lowest BCUT2D eigenvalue weighted by Crippen LogP contribution is -2.47. The lowest BCUT2D eigenvalue weighted by molar-refractivity contribution is -0.123. The number of nitrogens with one attached hydrogen (secondary N) is 1. The summed E-state index contributed by atoms with van der Waals surface area (Å²) in [6, 6.07) is 15.6. The molecular weight excluding hydrogens is 463 g/mol. The molecule has 5 rings (SSSR count). The molecule has 36 heavy (non-hydrogen) atoms. The third-order valence-electron chi connectivity index (χ3n) is 5.75. The highest BCUT2D eigenvalue weighted by molar-refractivity contribution is 5.77. The van der Waals surface area contributed by atoms with Crippen molar-refractivity contribution in [1.29, 1.82) is 0 Å². The molecule has 1 saturated heterocycles. The van der Waals surface area contributed by atoms with Crippen LogP contribution in [0, 0.1) is 5.82 Å². The van der Waals surface area contributed by atoms with Gasteiger partial charge in [-0.15, -0.1) is 10.2 Å². The quantitative estimate of drug-likeness (QED) is 0.403. The Balaban J connectivity index is 1.06. The Kier molecular flexibility index (Phi) is 6.97. The Bertz CT molecular complexity index is 1290. The number of pyridine rings is 1. The van der Waals surface area contributed by atoms with Crippen LogP contribution in [0.2, 0.25) is 0 Å². The topological polar surface area (TPSA) is 101 Å².